The second kappa shape index (κ2) is 11.0. The maximum Gasteiger partial charge on any atom is 0.408 e. The number of hydrogen-bond donors (Lipinski definition) is 1. The van der Waals surface area contributed by atoms with E-state index < -0.39 is 23.2 Å². The average Bonchev–Trinajstić information content (AvgIpc) is 3.28. The average molecular weight is 606 g/mol. The van der Waals surface area contributed by atoms with Gasteiger partial charge in [-0.15, -0.1) is 0 Å². The van der Waals surface area contributed by atoms with Crippen molar-refractivity contribution in [2.75, 3.05) is 7.11 Å². The zero-order chi connectivity index (χ0) is 28.5. The van der Waals surface area contributed by atoms with Crippen molar-refractivity contribution in [2.24, 2.45) is 10.1 Å². The monoisotopic (exact) mass is 604 g/mol. The van der Waals surface area contributed by atoms with E-state index >= 15 is 0 Å². The van der Waals surface area contributed by atoms with Crippen LogP contribution in [0, 0.1) is 0 Å². The number of aliphatic imine (C=N–C) groups is 1. The van der Waals surface area contributed by atoms with Gasteiger partial charge < -0.3 is 14.8 Å². The number of methoxy groups -OCH3 is 1. The highest BCUT2D eigenvalue weighted by Gasteiger charge is 2.43. The summed E-state index contributed by atoms with van der Waals surface area (Å²) in [6, 6.07) is 18.0. The third-order valence-electron chi connectivity index (χ3n) is 7.27. The zero-order valence-corrected chi connectivity index (χ0v) is 24.6. The lowest BCUT2D eigenvalue weighted by Gasteiger charge is -2.43. The Hall–Kier alpha value is -3.72. The van der Waals surface area contributed by atoms with Gasteiger partial charge >= 0.3 is 12.1 Å². The summed E-state index contributed by atoms with van der Waals surface area (Å²) in [7, 11) is 1.35. The van der Waals surface area contributed by atoms with Gasteiger partial charge in [0, 0.05) is 11.6 Å². The van der Waals surface area contributed by atoms with Gasteiger partial charge in [0.05, 0.1) is 12.6 Å². The van der Waals surface area contributed by atoms with Crippen LogP contribution in [0.5, 0.6) is 0 Å². The standard InChI is InChI=1S/C31H33BrN4O4/c1-30(2,3)40-29(38)34-31(17-8-18-31)23-14-11-20(12-15-23)26-27(21-9-6-5-7-10-21)36-28(33-26)22(19-24(32)35-36)13-16-25(37)39-4/h5-7,9-16,19,26-27H,8,17-18H2,1-4H3,(H,34,38)/b16-13+. The largest absolute Gasteiger partial charge is 0.466 e. The molecular weight excluding hydrogens is 572 g/mol. The van der Waals surface area contributed by atoms with Gasteiger partial charge in [0.1, 0.15) is 22.3 Å². The number of rotatable bonds is 6. The van der Waals surface area contributed by atoms with E-state index in [0.717, 1.165) is 41.5 Å². The molecule has 0 radical (unpaired) electrons. The molecule has 208 valence electrons. The van der Waals surface area contributed by atoms with Gasteiger partial charge in [0.2, 0.25) is 0 Å². The minimum absolute atomic E-state index is 0.192. The lowest BCUT2D eigenvalue weighted by Crippen LogP contribution is -2.52. The van der Waals surface area contributed by atoms with E-state index in [0.29, 0.717) is 10.5 Å². The van der Waals surface area contributed by atoms with Crippen molar-refractivity contribution >= 4 is 38.4 Å². The molecule has 2 unspecified atom stereocenters. The molecule has 3 aliphatic rings. The minimum atomic E-state index is -0.560. The Morgan fingerprint density at radius 3 is 2.38 bits per heavy atom. The van der Waals surface area contributed by atoms with Crippen molar-refractivity contribution in [1.29, 1.82) is 0 Å². The number of amides is 1. The number of esters is 1. The highest BCUT2D eigenvalue weighted by molar-refractivity contribution is 9.18. The van der Waals surface area contributed by atoms with Crippen LogP contribution in [-0.2, 0) is 19.8 Å². The molecule has 2 atom stereocenters. The minimum Gasteiger partial charge on any atom is -0.466 e. The first kappa shape index (κ1) is 27.8. The summed E-state index contributed by atoms with van der Waals surface area (Å²) in [6.45, 7) is 5.59. The molecule has 2 heterocycles. The van der Waals surface area contributed by atoms with Crippen molar-refractivity contribution in [3.63, 3.8) is 0 Å². The highest BCUT2D eigenvalue weighted by atomic mass is 79.9. The van der Waals surface area contributed by atoms with Crippen molar-refractivity contribution in [1.82, 2.24) is 10.3 Å². The second-order valence-corrected chi connectivity index (χ2v) is 12.0. The Morgan fingerprint density at radius 2 is 1.77 bits per heavy atom. The molecule has 0 saturated heterocycles. The molecule has 5 rings (SSSR count). The zero-order valence-electron chi connectivity index (χ0n) is 23.1. The molecule has 1 fully saturated rings. The predicted octanol–water partition coefficient (Wildman–Crippen LogP) is 6.46. The molecule has 2 aliphatic heterocycles. The molecule has 0 aromatic heterocycles. The number of amidine groups is 1. The molecule has 1 saturated carbocycles. The number of hydrazone groups is 1. The van der Waals surface area contributed by atoms with Crippen molar-refractivity contribution < 1.29 is 19.1 Å². The van der Waals surface area contributed by atoms with E-state index in [4.69, 9.17) is 19.6 Å². The molecule has 40 heavy (non-hydrogen) atoms. The summed E-state index contributed by atoms with van der Waals surface area (Å²) < 4.78 is 11.0. The molecule has 0 bridgehead atoms. The highest BCUT2D eigenvalue weighted by Crippen LogP contribution is 2.46. The van der Waals surface area contributed by atoms with Gasteiger partial charge in [0.25, 0.3) is 0 Å². The lowest BCUT2D eigenvalue weighted by molar-refractivity contribution is -0.134. The SMILES string of the molecule is COC(=O)/C=C/C1=CC(Br)=NN2C1=NC(c1ccc(C3(NC(=O)OC(C)(C)C)CCC3)cc1)C2c1ccccc1. The van der Waals surface area contributed by atoms with Gasteiger partial charge in [-0.2, -0.15) is 5.10 Å². The van der Waals surface area contributed by atoms with E-state index in [1.54, 1.807) is 6.08 Å². The number of benzene rings is 2. The summed E-state index contributed by atoms with van der Waals surface area (Å²) in [4.78, 5) is 29.6. The van der Waals surface area contributed by atoms with Crippen LogP contribution < -0.4 is 5.32 Å². The second-order valence-electron chi connectivity index (χ2n) is 11.2. The smallest absolute Gasteiger partial charge is 0.408 e. The number of carbonyl (C=O) groups excluding carboxylic acids is 2. The van der Waals surface area contributed by atoms with Crippen LogP contribution in [0.15, 0.2) is 88.5 Å². The first-order chi connectivity index (χ1) is 19.1. The summed E-state index contributed by atoms with van der Waals surface area (Å²) in [6.07, 6.45) is 7.28. The normalized spacial score (nSPS) is 21.5. The Morgan fingerprint density at radius 1 is 1.07 bits per heavy atom. The Labute approximate surface area is 243 Å². The van der Waals surface area contributed by atoms with Gasteiger partial charge in [-0.3, -0.25) is 4.99 Å². The molecule has 1 amide bonds. The van der Waals surface area contributed by atoms with Crippen LogP contribution in [0.3, 0.4) is 0 Å². The maximum absolute atomic E-state index is 12.6. The third kappa shape index (κ3) is 5.75. The van der Waals surface area contributed by atoms with E-state index in [9.17, 15) is 9.59 Å². The van der Waals surface area contributed by atoms with Crippen LogP contribution in [0.1, 0.15) is 68.8 Å². The molecule has 2 aromatic carbocycles. The molecule has 1 N–H and O–H groups in total. The number of carbonyl (C=O) groups is 2. The van der Waals surface area contributed by atoms with Crippen LogP contribution in [0.4, 0.5) is 4.79 Å². The number of ether oxygens (including phenoxy) is 2. The molecule has 1 aliphatic carbocycles. The first-order valence-corrected chi connectivity index (χ1v) is 14.1. The number of allylic oxidation sites excluding steroid dienone is 1. The fraction of sp³-hybridized carbons (Fsp3) is 0.355. The Bertz CT molecular complexity index is 1400. The van der Waals surface area contributed by atoms with Crippen molar-refractivity contribution in [2.45, 2.75) is 63.3 Å². The lowest BCUT2D eigenvalue weighted by atomic mass is 9.71. The van der Waals surface area contributed by atoms with Crippen LogP contribution >= 0.6 is 15.9 Å². The van der Waals surface area contributed by atoms with Crippen molar-refractivity contribution in [3.05, 3.63) is 95.1 Å². The Kier molecular flexibility index (Phi) is 7.68. The molecular formula is C31H33BrN4O4. The van der Waals surface area contributed by atoms with Crippen molar-refractivity contribution in [3.8, 4) is 0 Å². The fourth-order valence-corrected chi connectivity index (χ4v) is 5.68. The van der Waals surface area contributed by atoms with Gasteiger partial charge in [-0.25, -0.2) is 14.6 Å². The molecule has 9 heteroatoms. The number of nitrogens with zero attached hydrogens (tertiary/aromatic N) is 3. The molecule has 8 nitrogen and oxygen atoms in total. The number of fused-ring (bicyclic) bond motifs is 1. The number of nitrogens with one attached hydrogen (secondary N) is 1. The van der Waals surface area contributed by atoms with E-state index in [1.165, 1.54) is 13.2 Å². The summed E-state index contributed by atoms with van der Waals surface area (Å²) in [5.41, 5.74) is 2.91. The maximum atomic E-state index is 12.6. The van der Waals surface area contributed by atoms with E-state index in [2.05, 4.69) is 57.6 Å². The molecule has 2 aromatic rings. The van der Waals surface area contributed by atoms with Crippen LogP contribution in [-0.4, -0.2) is 40.2 Å². The van der Waals surface area contributed by atoms with Gasteiger partial charge in [0.15, 0.2) is 5.84 Å². The van der Waals surface area contributed by atoms with E-state index in [-0.39, 0.29) is 12.1 Å². The topological polar surface area (TPSA) is 92.6 Å². The predicted molar refractivity (Wildman–Crippen MR) is 158 cm³/mol. The first-order valence-electron chi connectivity index (χ1n) is 13.3. The van der Waals surface area contributed by atoms with Crippen LogP contribution in [0.2, 0.25) is 0 Å². The van der Waals surface area contributed by atoms with E-state index in [1.807, 2.05) is 50.1 Å². The van der Waals surface area contributed by atoms with Gasteiger partial charge in [-0.05, 0) is 84.8 Å². The van der Waals surface area contributed by atoms with Crippen LogP contribution in [0.25, 0.3) is 0 Å². The molecule has 0 spiro atoms. The van der Waals surface area contributed by atoms with Gasteiger partial charge in [-0.1, -0.05) is 54.6 Å². The summed E-state index contributed by atoms with van der Waals surface area (Å²) >= 11 is 3.53. The number of alkyl carbamates (subject to hydrolysis) is 1. The summed E-state index contributed by atoms with van der Waals surface area (Å²) in [5, 5.41) is 9.81. The number of hydrogen-bond acceptors (Lipinski definition) is 7. The fourth-order valence-electron chi connectivity index (χ4n) is 5.26. The Balaban J connectivity index is 1.48. The third-order valence-corrected chi connectivity index (χ3v) is 7.66. The quantitative estimate of drug-likeness (QED) is 0.301. The summed E-state index contributed by atoms with van der Waals surface area (Å²) in [5.74, 6) is 0.231. The number of halogens is 1.